The number of ether oxygens (including phenoxy) is 2. The Bertz CT molecular complexity index is 958. The summed E-state index contributed by atoms with van der Waals surface area (Å²) in [4.78, 5) is 23.4. The molecular weight excluding hydrogens is 400 g/mol. The van der Waals surface area contributed by atoms with Crippen LogP contribution < -0.4 is 14.8 Å². The first-order valence-electron chi connectivity index (χ1n) is 9.85. The van der Waals surface area contributed by atoms with Gasteiger partial charge in [0.1, 0.15) is 17.3 Å². The molecule has 0 fully saturated rings. The third-order valence-electron chi connectivity index (χ3n) is 4.65. The van der Waals surface area contributed by atoms with Crippen molar-refractivity contribution in [3.05, 3.63) is 53.8 Å². The Morgan fingerprint density at radius 2 is 1.90 bits per heavy atom. The zero-order valence-corrected chi connectivity index (χ0v) is 18.2. The SMILES string of the molecule is CCN(CC)CCOc1cc(NC(=O)c2csc(-c3ccncc3)n2)ccc1OC. The van der Waals surface area contributed by atoms with Gasteiger partial charge in [0.15, 0.2) is 11.5 Å². The molecule has 0 spiro atoms. The van der Waals surface area contributed by atoms with Crippen LogP contribution in [-0.2, 0) is 0 Å². The molecule has 3 aromatic rings. The highest BCUT2D eigenvalue weighted by atomic mass is 32.1. The third-order valence-corrected chi connectivity index (χ3v) is 5.54. The maximum absolute atomic E-state index is 12.6. The van der Waals surface area contributed by atoms with E-state index in [1.807, 2.05) is 12.1 Å². The Hall–Kier alpha value is -2.97. The van der Waals surface area contributed by atoms with Crippen LogP contribution in [0.25, 0.3) is 10.6 Å². The molecule has 0 unspecified atom stereocenters. The summed E-state index contributed by atoms with van der Waals surface area (Å²) in [5, 5.41) is 5.40. The number of carbonyl (C=O) groups is 1. The number of benzene rings is 1. The minimum Gasteiger partial charge on any atom is -0.493 e. The van der Waals surface area contributed by atoms with Crippen LogP contribution in [0, 0.1) is 0 Å². The number of aromatic nitrogens is 2. The van der Waals surface area contributed by atoms with Crippen molar-refractivity contribution < 1.29 is 14.3 Å². The average Bonchev–Trinajstić information content (AvgIpc) is 3.28. The predicted octanol–water partition coefficient (Wildman–Crippen LogP) is 4.19. The minimum atomic E-state index is -0.272. The molecule has 2 aromatic heterocycles. The van der Waals surface area contributed by atoms with Gasteiger partial charge in [-0.15, -0.1) is 11.3 Å². The lowest BCUT2D eigenvalue weighted by atomic mass is 10.2. The second-order valence-electron chi connectivity index (χ2n) is 6.47. The number of methoxy groups -OCH3 is 1. The van der Waals surface area contributed by atoms with E-state index in [-0.39, 0.29) is 5.91 Å². The summed E-state index contributed by atoms with van der Waals surface area (Å²) in [7, 11) is 1.60. The molecule has 0 aliphatic rings. The first-order valence-corrected chi connectivity index (χ1v) is 10.7. The van der Waals surface area contributed by atoms with Gasteiger partial charge < -0.3 is 19.7 Å². The first-order chi connectivity index (χ1) is 14.6. The maximum Gasteiger partial charge on any atom is 0.275 e. The van der Waals surface area contributed by atoms with Crippen LogP contribution in [0.2, 0.25) is 0 Å². The number of carbonyl (C=O) groups excluding carboxylic acids is 1. The smallest absolute Gasteiger partial charge is 0.275 e. The second kappa shape index (κ2) is 10.7. The quantitative estimate of drug-likeness (QED) is 0.524. The summed E-state index contributed by atoms with van der Waals surface area (Å²) in [5.74, 6) is 0.949. The van der Waals surface area contributed by atoms with Gasteiger partial charge in [-0.3, -0.25) is 9.78 Å². The van der Waals surface area contributed by atoms with Crippen LogP contribution in [-0.4, -0.2) is 54.1 Å². The molecule has 0 radical (unpaired) electrons. The molecule has 0 bridgehead atoms. The number of nitrogens with one attached hydrogen (secondary N) is 1. The zero-order chi connectivity index (χ0) is 21.3. The minimum absolute atomic E-state index is 0.272. The third kappa shape index (κ3) is 5.55. The Morgan fingerprint density at radius 1 is 1.13 bits per heavy atom. The number of hydrogen-bond donors (Lipinski definition) is 1. The van der Waals surface area contributed by atoms with Crippen molar-refractivity contribution in [2.45, 2.75) is 13.8 Å². The molecule has 1 amide bonds. The first kappa shape index (κ1) is 21.7. The Labute approximate surface area is 180 Å². The van der Waals surface area contributed by atoms with Gasteiger partial charge in [0.25, 0.3) is 5.91 Å². The van der Waals surface area contributed by atoms with Crippen LogP contribution in [0.1, 0.15) is 24.3 Å². The van der Waals surface area contributed by atoms with E-state index in [1.54, 1.807) is 43.1 Å². The van der Waals surface area contributed by atoms with Gasteiger partial charge in [-0.05, 0) is 37.4 Å². The Morgan fingerprint density at radius 3 is 2.60 bits per heavy atom. The second-order valence-corrected chi connectivity index (χ2v) is 7.33. The number of nitrogens with zero attached hydrogens (tertiary/aromatic N) is 3. The largest absolute Gasteiger partial charge is 0.493 e. The molecule has 1 N–H and O–H groups in total. The van der Waals surface area contributed by atoms with Crippen LogP contribution in [0.15, 0.2) is 48.1 Å². The lowest BCUT2D eigenvalue weighted by Crippen LogP contribution is -2.28. The fourth-order valence-electron chi connectivity index (χ4n) is 2.89. The molecule has 2 heterocycles. The van der Waals surface area contributed by atoms with E-state index in [9.17, 15) is 4.79 Å². The summed E-state index contributed by atoms with van der Waals surface area (Å²) in [6.45, 7) is 7.56. The van der Waals surface area contributed by atoms with Crippen molar-refractivity contribution in [2.24, 2.45) is 0 Å². The van der Waals surface area contributed by atoms with Crippen LogP contribution in [0.4, 0.5) is 5.69 Å². The van der Waals surface area contributed by atoms with E-state index >= 15 is 0 Å². The van der Waals surface area contributed by atoms with Crippen LogP contribution >= 0.6 is 11.3 Å². The van der Waals surface area contributed by atoms with E-state index in [4.69, 9.17) is 9.47 Å². The average molecular weight is 427 g/mol. The lowest BCUT2D eigenvalue weighted by Gasteiger charge is -2.19. The van der Waals surface area contributed by atoms with E-state index in [1.165, 1.54) is 11.3 Å². The van der Waals surface area contributed by atoms with Gasteiger partial charge in [-0.1, -0.05) is 13.8 Å². The molecule has 0 saturated carbocycles. The van der Waals surface area contributed by atoms with Crippen LogP contribution in [0.3, 0.4) is 0 Å². The number of pyridine rings is 1. The number of amides is 1. The van der Waals surface area contributed by atoms with Crippen molar-refractivity contribution in [2.75, 3.05) is 38.7 Å². The van der Waals surface area contributed by atoms with Crippen molar-refractivity contribution >= 4 is 22.9 Å². The molecule has 1 aromatic carbocycles. The summed E-state index contributed by atoms with van der Waals surface area (Å²) in [6, 6.07) is 9.07. The highest BCUT2D eigenvalue weighted by Gasteiger charge is 2.14. The summed E-state index contributed by atoms with van der Waals surface area (Å²) in [6.07, 6.45) is 3.41. The van der Waals surface area contributed by atoms with Gasteiger partial charge in [-0.2, -0.15) is 0 Å². The Balaban J connectivity index is 1.67. The van der Waals surface area contributed by atoms with Gasteiger partial charge >= 0.3 is 0 Å². The summed E-state index contributed by atoms with van der Waals surface area (Å²) in [5.41, 5.74) is 1.92. The normalized spacial score (nSPS) is 10.8. The molecule has 158 valence electrons. The van der Waals surface area contributed by atoms with Gasteiger partial charge in [0, 0.05) is 41.6 Å². The number of anilines is 1. The molecule has 30 heavy (non-hydrogen) atoms. The van der Waals surface area contributed by atoms with Crippen LogP contribution in [0.5, 0.6) is 11.5 Å². The topological polar surface area (TPSA) is 76.6 Å². The molecule has 8 heteroatoms. The monoisotopic (exact) mass is 426 g/mol. The molecule has 0 aliphatic carbocycles. The standard InChI is InChI=1S/C22H26N4O3S/c1-4-26(5-2)12-13-29-20-14-17(6-7-19(20)28-3)24-21(27)18-15-30-22(25-18)16-8-10-23-11-9-16/h6-11,14-15H,4-5,12-13H2,1-3H3,(H,24,27). The fraction of sp³-hybridized carbons (Fsp3) is 0.318. The summed E-state index contributed by atoms with van der Waals surface area (Å²) < 4.78 is 11.3. The van der Waals surface area contributed by atoms with E-state index < -0.39 is 0 Å². The van der Waals surface area contributed by atoms with Crippen molar-refractivity contribution in [1.82, 2.24) is 14.9 Å². The highest BCUT2D eigenvalue weighted by molar-refractivity contribution is 7.13. The molecule has 7 nitrogen and oxygen atoms in total. The Kier molecular flexibility index (Phi) is 7.75. The predicted molar refractivity (Wildman–Crippen MR) is 120 cm³/mol. The summed E-state index contributed by atoms with van der Waals surface area (Å²) >= 11 is 1.42. The van der Waals surface area contributed by atoms with E-state index in [0.29, 0.717) is 29.5 Å². The number of thiazole rings is 1. The zero-order valence-electron chi connectivity index (χ0n) is 17.4. The number of rotatable bonds is 10. The van der Waals surface area contributed by atoms with Gasteiger partial charge in [0.2, 0.25) is 0 Å². The number of likely N-dealkylation sites (N-methyl/N-ethyl adjacent to an activating group) is 1. The van der Waals surface area contributed by atoms with E-state index in [2.05, 4.69) is 34.0 Å². The molecule has 0 aliphatic heterocycles. The van der Waals surface area contributed by atoms with Crippen molar-refractivity contribution in [1.29, 1.82) is 0 Å². The van der Waals surface area contributed by atoms with Crippen molar-refractivity contribution in [3.8, 4) is 22.1 Å². The maximum atomic E-state index is 12.6. The number of hydrogen-bond acceptors (Lipinski definition) is 7. The van der Waals surface area contributed by atoms with E-state index in [0.717, 1.165) is 30.2 Å². The molecule has 3 rings (SSSR count). The molecule has 0 saturated heterocycles. The highest BCUT2D eigenvalue weighted by Crippen LogP contribution is 2.31. The van der Waals surface area contributed by atoms with Gasteiger partial charge in [0.05, 0.1) is 7.11 Å². The fourth-order valence-corrected chi connectivity index (χ4v) is 3.70. The van der Waals surface area contributed by atoms with Crippen molar-refractivity contribution in [3.63, 3.8) is 0 Å². The molecule has 0 atom stereocenters. The van der Waals surface area contributed by atoms with Gasteiger partial charge in [-0.25, -0.2) is 4.98 Å². The molecular formula is C22H26N4O3S. The lowest BCUT2D eigenvalue weighted by molar-refractivity contribution is 0.102.